The zero-order valence-electron chi connectivity index (χ0n) is 22.8. The first-order chi connectivity index (χ1) is 20.8. The molecule has 1 aliphatic rings. The van der Waals surface area contributed by atoms with E-state index < -0.39 is 23.0 Å². The van der Waals surface area contributed by atoms with Crippen LogP contribution in [0.15, 0.2) is 107 Å². The minimum absolute atomic E-state index is 0.0265. The summed E-state index contributed by atoms with van der Waals surface area (Å²) < 4.78 is 4.69. The summed E-state index contributed by atoms with van der Waals surface area (Å²) in [5.74, 6) is -2.10. The number of anilines is 2. The lowest BCUT2D eigenvalue weighted by molar-refractivity contribution is -0.121. The molecule has 0 radical (unpaired) electrons. The van der Waals surface area contributed by atoms with Crippen LogP contribution in [0.1, 0.15) is 32.0 Å². The first kappa shape index (κ1) is 29.5. The summed E-state index contributed by atoms with van der Waals surface area (Å²) in [6, 6.07) is 25.3. The van der Waals surface area contributed by atoms with E-state index in [1.54, 1.807) is 60.7 Å². The van der Waals surface area contributed by atoms with E-state index in [1.165, 1.54) is 54.5 Å². The van der Waals surface area contributed by atoms with Crippen molar-refractivity contribution in [1.82, 2.24) is 5.32 Å². The number of carbonyl (C=O) groups is 5. The van der Waals surface area contributed by atoms with Crippen LogP contribution >= 0.6 is 23.1 Å². The van der Waals surface area contributed by atoms with Crippen molar-refractivity contribution in [3.8, 4) is 0 Å². The van der Waals surface area contributed by atoms with Crippen molar-refractivity contribution < 1.29 is 28.7 Å². The number of methoxy groups -OCH3 is 1. The van der Waals surface area contributed by atoms with Gasteiger partial charge in [-0.25, -0.2) is 9.69 Å². The lowest BCUT2D eigenvalue weighted by atomic mass is 10.2. The van der Waals surface area contributed by atoms with Gasteiger partial charge in [0, 0.05) is 27.4 Å². The molecule has 1 unspecified atom stereocenters. The number of hydrogen-bond acceptors (Lipinski definition) is 8. The second kappa shape index (κ2) is 13.3. The molecule has 5 rings (SSSR count). The van der Waals surface area contributed by atoms with Gasteiger partial charge in [0.15, 0.2) is 0 Å². The highest BCUT2D eigenvalue weighted by atomic mass is 32.2. The standard InChI is InChI=1S/C32H25N3O6S2/c1-41-32(40)21-9-13-23(14-10-21)35-28(36)19-27(31(35)39)43-24-15-11-22(12-16-24)33-30(38)26(18-25-8-5-17-42-25)34-29(37)20-6-3-2-4-7-20/h2-18,27H,19H2,1H3,(H,33,38)(H,34,37)/b26-18-. The summed E-state index contributed by atoms with van der Waals surface area (Å²) in [7, 11) is 1.28. The summed E-state index contributed by atoms with van der Waals surface area (Å²) in [6.45, 7) is 0. The van der Waals surface area contributed by atoms with Gasteiger partial charge in [0.05, 0.1) is 23.6 Å². The van der Waals surface area contributed by atoms with Gasteiger partial charge in [-0.1, -0.05) is 24.3 Å². The number of thiophene rings is 1. The van der Waals surface area contributed by atoms with Crippen LogP contribution in [0.2, 0.25) is 0 Å². The van der Waals surface area contributed by atoms with Gasteiger partial charge in [0.25, 0.3) is 11.8 Å². The number of esters is 1. The van der Waals surface area contributed by atoms with Crippen molar-refractivity contribution in [3.63, 3.8) is 0 Å². The lowest BCUT2D eigenvalue weighted by Crippen LogP contribution is -2.31. The summed E-state index contributed by atoms with van der Waals surface area (Å²) in [5, 5.41) is 6.76. The number of rotatable bonds is 9. The lowest BCUT2D eigenvalue weighted by Gasteiger charge is -2.15. The molecule has 1 fully saturated rings. The van der Waals surface area contributed by atoms with E-state index in [4.69, 9.17) is 0 Å². The van der Waals surface area contributed by atoms with Gasteiger partial charge in [-0.2, -0.15) is 0 Å². The first-order valence-electron chi connectivity index (χ1n) is 13.1. The van der Waals surface area contributed by atoms with Gasteiger partial charge in [-0.15, -0.1) is 23.1 Å². The molecule has 0 saturated carbocycles. The summed E-state index contributed by atoms with van der Waals surface area (Å²) in [4.78, 5) is 66.1. The van der Waals surface area contributed by atoms with E-state index in [1.807, 2.05) is 17.5 Å². The number of carbonyl (C=O) groups excluding carboxylic acids is 5. The maximum Gasteiger partial charge on any atom is 0.337 e. The topological polar surface area (TPSA) is 122 Å². The fourth-order valence-electron chi connectivity index (χ4n) is 4.27. The highest BCUT2D eigenvalue weighted by molar-refractivity contribution is 8.00. The van der Waals surface area contributed by atoms with Crippen molar-refractivity contribution >= 4 is 70.1 Å². The Kier molecular flexibility index (Phi) is 9.14. The molecule has 43 heavy (non-hydrogen) atoms. The Hall–Kier alpha value is -5.00. The van der Waals surface area contributed by atoms with Crippen LogP contribution in [0.5, 0.6) is 0 Å². The molecule has 4 amide bonds. The molecule has 4 aromatic rings. The number of nitrogens with one attached hydrogen (secondary N) is 2. The van der Waals surface area contributed by atoms with E-state index in [2.05, 4.69) is 15.4 Å². The minimum atomic E-state index is -0.623. The molecule has 1 saturated heterocycles. The Balaban J connectivity index is 1.24. The number of benzene rings is 3. The molecular weight excluding hydrogens is 587 g/mol. The van der Waals surface area contributed by atoms with Crippen LogP contribution in [-0.4, -0.2) is 42.0 Å². The van der Waals surface area contributed by atoms with Crippen molar-refractivity contribution in [2.45, 2.75) is 16.6 Å². The quantitative estimate of drug-likeness (QED) is 0.148. The van der Waals surface area contributed by atoms with E-state index in [9.17, 15) is 24.0 Å². The normalized spacial score (nSPS) is 14.9. The molecule has 2 N–H and O–H groups in total. The molecule has 3 aromatic carbocycles. The van der Waals surface area contributed by atoms with Gasteiger partial charge in [0.1, 0.15) is 5.70 Å². The maximum atomic E-state index is 13.2. The molecular formula is C32H25N3O6S2. The van der Waals surface area contributed by atoms with E-state index in [-0.39, 0.29) is 23.9 Å². The van der Waals surface area contributed by atoms with Crippen LogP contribution in [0.25, 0.3) is 6.08 Å². The van der Waals surface area contributed by atoms with E-state index in [0.29, 0.717) is 22.5 Å². The van der Waals surface area contributed by atoms with E-state index >= 15 is 0 Å². The number of thioether (sulfide) groups is 1. The largest absolute Gasteiger partial charge is 0.465 e. The molecule has 1 atom stereocenters. The number of amides is 4. The highest BCUT2D eigenvalue weighted by Gasteiger charge is 2.40. The zero-order valence-corrected chi connectivity index (χ0v) is 24.4. The average molecular weight is 612 g/mol. The third-order valence-electron chi connectivity index (χ3n) is 6.40. The number of nitrogens with zero attached hydrogens (tertiary/aromatic N) is 1. The van der Waals surface area contributed by atoms with Gasteiger partial charge in [-0.05, 0) is 78.2 Å². The predicted molar refractivity (Wildman–Crippen MR) is 166 cm³/mol. The van der Waals surface area contributed by atoms with Gasteiger partial charge in [0.2, 0.25) is 11.8 Å². The highest BCUT2D eigenvalue weighted by Crippen LogP contribution is 2.34. The van der Waals surface area contributed by atoms with Crippen LogP contribution in [0.3, 0.4) is 0 Å². The van der Waals surface area contributed by atoms with Crippen molar-refractivity contribution in [1.29, 1.82) is 0 Å². The fraction of sp³-hybridized carbons (Fsp3) is 0.0938. The number of ether oxygens (including phenoxy) is 1. The van der Waals surface area contributed by atoms with Crippen molar-refractivity contribution in [2.24, 2.45) is 0 Å². The van der Waals surface area contributed by atoms with Crippen LogP contribution in [0, 0.1) is 0 Å². The fourth-order valence-corrected chi connectivity index (χ4v) is 5.98. The summed E-state index contributed by atoms with van der Waals surface area (Å²) in [6.07, 6.45) is 1.64. The van der Waals surface area contributed by atoms with Crippen LogP contribution in [-0.2, 0) is 19.1 Å². The Morgan fingerprint density at radius 3 is 2.28 bits per heavy atom. The molecule has 11 heteroatoms. The third-order valence-corrected chi connectivity index (χ3v) is 8.42. The number of imide groups is 1. The molecule has 0 spiro atoms. The molecule has 1 aromatic heterocycles. The van der Waals surface area contributed by atoms with Crippen LogP contribution < -0.4 is 15.5 Å². The smallest absolute Gasteiger partial charge is 0.337 e. The Labute approximate surface area is 255 Å². The molecule has 9 nitrogen and oxygen atoms in total. The van der Waals surface area contributed by atoms with Crippen molar-refractivity contribution in [2.75, 3.05) is 17.3 Å². The second-order valence-corrected chi connectivity index (χ2v) is 11.5. The monoisotopic (exact) mass is 611 g/mol. The molecule has 216 valence electrons. The second-order valence-electron chi connectivity index (χ2n) is 9.29. The summed E-state index contributed by atoms with van der Waals surface area (Å²) >= 11 is 2.68. The van der Waals surface area contributed by atoms with Gasteiger partial charge in [-0.3, -0.25) is 19.2 Å². The molecule has 0 bridgehead atoms. The Morgan fingerprint density at radius 2 is 1.63 bits per heavy atom. The Bertz CT molecular complexity index is 1690. The Morgan fingerprint density at radius 1 is 0.907 bits per heavy atom. The van der Waals surface area contributed by atoms with E-state index in [0.717, 1.165) is 14.7 Å². The molecule has 0 aliphatic carbocycles. The maximum absolute atomic E-state index is 13.2. The third kappa shape index (κ3) is 7.08. The van der Waals surface area contributed by atoms with Gasteiger partial charge < -0.3 is 15.4 Å². The molecule has 2 heterocycles. The van der Waals surface area contributed by atoms with Gasteiger partial charge >= 0.3 is 5.97 Å². The predicted octanol–water partition coefficient (Wildman–Crippen LogP) is 5.37. The first-order valence-corrected chi connectivity index (χ1v) is 14.8. The SMILES string of the molecule is COC(=O)c1ccc(N2C(=O)CC(Sc3ccc(NC(=O)/C(=C/c4cccs4)NC(=O)c4ccccc4)cc3)C2=O)cc1. The minimum Gasteiger partial charge on any atom is -0.465 e. The van der Waals surface area contributed by atoms with Crippen molar-refractivity contribution in [3.05, 3.63) is 118 Å². The van der Waals surface area contributed by atoms with Crippen LogP contribution in [0.4, 0.5) is 11.4 Å². The zero-order chi connectivity index (χ0) is 30.3. The number of hydrogen-bond donors (Lipinski definition) is 2. The molecule has 1 aliphatic heterocycles. The average Bonchev–Trinajstić information content (AvgIpc) is 3.64. The summed E-state index contributed by atoms with van der Waals surface area (Å²) in [5.41, 5.74) is 1.70.